The average Bonchev–Trinajstić information content (AvgIpc) is 3.26. The van der Waals surface area contributed by atoms with Crippen LogP contribution in [0.3, 0.4) is 0 Å². The Balaban J connectivity index is 1.68. The van der Waals surface area contributed by atoms with E-state index in [1.165, 1.54) is 5.69 Å². The summed E-state index contributed by atoms with van der Waals surface area (Å²) in [6.07, 6.45) is 2.25. The first-order chi connectivity index (χ1) is 13.4. The van der Waals surface area contributed by atoms with Gasteiger partial charge in [-0.15, -0.1) is 0 Å². The molecular weight excluding hydrogens is 346 g/mol. The maximum absolute atomic E-state index is 13.2. The number of nitrogens with one attached hydrogen (secondary N) is 1. The summed E-state index contributed by atoms with van der Waals surface area (Å²) in [6.45, 7) is 7.04. The smallest absolute Gasteiger partial charge is 0.276 e. The van der Waals surface area contributed by atoms with Gasteiger partial charge in [-0.3, -0.25) is 4.79 Å². The minimum atomic E-state index is -0.121. The van der Waals surface area contributed by atoms with Crippen LogP contribution in [-0.2, 0) is 5.41 Å². The van der Waals surface area contributed by atoms with Crippen molar-refractivity contribution in [2.24, 2.45) is 5.41 Å². The fraction of sp³-hybridized carbons (Fsp3) is 0.333. The number of carbonyl (C=O) groups excluding carboxylic acids is 1. The standard InChI is InChI=1S/C24H25N3O/c1-23(2)18-14-15-24(23,3)21-19(18)20(22(28)25-16-10-6-4-7-11-16)26-27(21)17-12-8-5-9-13-17/h4-13,18H,14-15H2,1-3H3,(H,25,28). The Morgan fingerprint density at radius 3 is 2.36 bits per heavy atom. The highest BCUT2D eigenvalue weighted by molar-refractivity contribution is 6.04. The molecule has 0 spiro atoms. The van der Waals surface area contributed by atoms with Crippen molar-refractivity contribution in [3.8, 4) is 5.69 Å². The molecule has 142 valence electrons. The molecule has 2 unspecified atom stereocenters. The molecule has 28 heavy (non-hydrogen) atoms. The highest BCUT2D eigenvalue weighted by Gasteiger charge is 2.63. The number of benzene rings is 2. The first-order valence-corrected chi connectivity index (χ1v) is 9.99. The third-order valence-electron chi connectivity index (χ3n) is 7.27. The molecule has 1 aromatic heterocycles. The van der Waals surface area contributed by atoms with E-state index in [2.05, 4.69) is 38.2 Å². The van der Waals surface area contributed by atoms with E-state index in [1.807, 2.05) is 53.2 Å². The lowest BCUT2D eigenvalue weighted by Crippen LogP contribution is -2.33. The largest absolute Gasteiger partial charge is 0.321 e. The van der Waals surface area contributed by atoms with Crippen LogP contribution >= 0.6 is 0 Å². The number of nitrogens with zero attached hydrogens (tertiary/aromatic N) is 2. The molecule has 1 heterocycles. The lowest BCUT2D eigenvalue weighted by molar-refractivity contribution is 0.101. The molecular formula is C24H25N3O. The van der Waals surface area contributed by atoms with Gasteiger partial charge in [-0.05, 0) is 48.4 Å². The summed E-state index contributed by atoms with van der Waals surface area (Å²) >= 11 is 0. The van der Waals surface area contributed by atoms with Crippen molar-refractivity contribution in [3.63, 3.8) is 0 Å². The van der Waals surface area contributed by atoms with Crippen molar-refractivity contribution in [2.75, 3.05) is 5.32 Å². The minimum Gasteiger partial charge on any atom is -0.321 e. The van der Waals surface area contributed by atoms with Gasteiger partial charge in [-0.2, -0.15) is 5.10 Å². The Labute approximate surface area is 165 Å². The molecule has 0 aliphatic heterocycles. The summed E-state index contributed by atoms with van der Waals surface area (Å²) in [4.78, 5) is 13.2. The molecule has 0 saturated heterocycles. The second kappa shape index (κ2) is 5.81. The Hall–Kier alpha value is -2.88. The third-order valence-corrected chi connectivity index (χ3v) is 7.27. The maximum Gasteiger partial charge on any atom is 0.276 e. The van der Waals surface area contributed by atoms with Crippen LogP contribution < -0.4 is 5.32 Å². The van der Waals surface area contributed by atoms with E-state index < -0.39 is 0 Å². The summed E-state index contributed by atoms with van der Waals surface area (Å²) < 4.78 is 2.02. The molecule has 1 N–H and O–H groups in total. The molecule has 4 nitrogen and oxygen atoms in total. The molecule has 2 aliphatic carbocycles. The average molecular weight is 371 g/mol. The van der Waals surface area contributed by atoms with Crippen molar-refractivity contribution < 1.29 is 4.79 Å². The van der Waals surface area contributed by atoms with Crippen LogP contribution in [0.4, 0.5) is 5.69 Å². The second-order valence-corrected chi connectivity index (χ2v) is 8.82. The number of anilines is 1. The van der Waals surface area contributed by atoms with Gasteiger partial charge >= 0.3 is 0 Å². The van der Waals surface area contributed by atoms with Crippen molar-refractivity contribution >= 4 is 11.6 Å². The summed E-state index contributed by atoms with van der Waals surface area (Å²) in [5, 5.41) is 7.89. The first kappa shape index (κ1) is 17.2. The van der Waals surface area contributed by atoms with E-state index in [4.69, 9.17) is 5.10 Å². The highest BCUT2D eigenvalue weighted by atomic mass is 16.2. The van der Waals surface area contributed by atoms with Gasteiger partial charge in [-0.25, -0.2) is 4.68 Å². The molecule has 3 aromatic rings. The first-order valence-electron chi connectivity index (χ1n) is 9.99. The fourth-order valence-corrected chi connectivity index (χ4v) is 5.36. The van der Waals surface area contributed by atoms with Gasteiger partial charge in [0.25, 0.3) is 5.91 Å². The SMILES string of the molecule is CC12CCC(c3c(C(=O)Nc4ccccc4)nn(-c4ccccc4)c31)C2(C)C. The quantitative estimate of drug-likeness (QED) is 0.679. The van der Waals surface area contributed by atoms with Gasteiger partial charge in [0, 0.05) is 16.7 Å². The van der Waals surface area contributed by atoms with E-state index in [1.54, 1.807) is 0 Å². The molecule has 1 amide bonds. The zero-order valence-corrected chi connectivity index (χ0v) is 16.6. The van der Waals surface area contributed by atoms with Crippen molar-refractivity contribution in [1.82, 2.24) is 9.78 Å². The molecule has 2 bridgehead atoms. The Morgan fingerprint density at radius 1 is 1.04 bits per heavy atom. The lowest BCUT2D eigenvalue weighted by atomic mass is 9.70. The van der Waals surface area contributed by atoms with Crippen LogP contribution in [0.5, 0.6) is 0 Å². The van der Waals surface area contributed by atoms with Crippen LogP contribution in [0.15, 0.2) is 60.7 Å². The number of para-hydroxylation sites is 2. The van der Waals surface area contributed by atoms with E-state index in [9.17, 15) is 4.79 Å². The molecule has 2 aliphatic rings. The van der Waals surface area contributed by atoms with Crippen molar-refractivity contribution in [3.05, 3.63) is 77.6 Å². The van der Waals surface area contributed by atoms with Gasteiger partial charge in [0.15, 0.2) is 5.69 Å². The number of amides is 1. The van der Waals surface area contributed by atoms with Crippen LogP contribution in [0.25, 0.3) is 5.69 Å². The maximum atomic E-state index is 13.2. The van der Waals surface area contributed by atoms with Crippen molar-refractivity contribution in [2.45, 2.75) is 44.9 Å². The predicted octanol–water partition coefficient (Wildman–Crippen LogP) is 5.30. The second-order valence-electron chi connectivity index (χ2n) is 8.82. The fourth-order valence-electron chi connectivity index (χ4n) is 5.36. The predicted molar refractivity (Wildman–Crippen MR) is 111 cm³/mol. The van der Waals surface area contributed by atoms with E-state index in [-0.39, 0.29) is 16.7 Å². The van der Waals surface area contributed by atoms with Gasteiger partial charge in [0.05, 0.1) is 11.4 Å². The number of rotatable bonds is 3. The summed E-state index contributed by atoms with van der Waals surface area (Å²) in [5.74, 6) is 0.241. The number of hydrogen-bond donors (Lipinski definition) is 1. The van der Waals surface area contributed by atoms with Crippen LogP contribution in [0.2, 0.25) is 0 Å². The lowest BCUT2D eigenvalue weighted by Gasteiger charge is -2.35. The van der Waals surface area contributed by atoms with E-state index in [0.29, 0.717) is 11.6 Å². The highest BCUT2D eigenvalue weighted by Crippen LogP contribution is 2.68. The van der Waals surface area contributed by atoms with Gasteiger partial charge in [0.1, 0.15) is 0 Å². The number of hydrogen-bond acceptors (Lipinski definition) is 2. The molecule has 5 rings (SSSR count). The zero-order valence-electron chi connectivity index (χ0n) is 16.6. The molecule has 1 fully saturated rings. The number of aromatic nitrogens is 2. The zero-order chi connectivity index (χ0) is 19.5. The topological polar surface area (TPSA) is 46.9 Å². The molecule has 0 radical (unpaired) electrons. The Bertz CT molecular complexity index is 1050. The number of fused-ring (bicyclic) bond motifs is 5. The van der Waals surface area contributed by atoms with E-state index in [0.717, 1.165) is 29.8 Å². The third kappa shape index (κ3) is 2.17. The monoisotopic (exact) mass is 371 g/mol. The van der Waals surface area contributed by atoms with E-state index >= 15 is 0 Å². The summed E-state index contributed by atoms with van der Waals surface area (Å²) in [7, 11) is 0. The van der Waals surface area contributed by atoms with Gasteiger partial charge in [0.2, 0.25) is 0 Å². The molecule has 1 saturated carbocycles. The Kier molecular flexibility index (Phi) is 3.57. The minimum absolute atomic E-state index is 0.0150. The molecule has 2 aromatic carbocycles. The molecule has 4 heteroatoms. The Morgan fingerprint density at radius 2 is 1.68 bits per heavy atom. The van der Waals surface area contributed by atoms with Crippen LogP contribution in [0, 0.1) is 5.41 Å². The van der Waals surface area contributed by atoms with Gasteiger partial charge in [-0.1, -0.05) is 57.2 Å². The van der Waals surface area contributed by atoms with Crippen LogP contribution in [-0.4, -0.2) is 15.7 Å². The summed E-state index contributed by atoms with van der Waals surface area (Å²) in [5.41, 5.74) is 4.88. The number of carbonyl (C=O) groups is 1. The van der Waals surface area contributed by atoms with Crippen molar-refractivity contribution in [1.29, 1.82) is 0 Å². The normalized spacial score (nSPS) is 24.2. The van der Waals surface area contributed by atoms with Gasteiger partial charge < -0.3 is 5.32 Å². The summed E-state index contributed by atoms with van der Waals surface area (Å²) in [6, 6.07) is 19.8. The van der Waals surface area contributed by atoms with Crippen LogP contribution in [0.1, 0.15) is 61.3 Å². The molecule has 2 atom stereocenters.